The van der Waals surface area contributed by atoms with E-state index in [0.717, 1.165) is 16.1 Å². The Morgan fingerprint density at radius 2 is 1.53 bits per heavy atom. The molecule has 0 atom stereocenters. The van der Waals surface area contributed by atoms with E-state index in [-0.39, 0.29) is 23.0 Å². The molecule has 0 bridgehead atoms. The summed E-state index contributed by atoms with van der Waals surface area (Å²) in [4.78, 5) is 51.7. The van der Waals surface area contributed by atoms with Gasteiger partial charge in [0, 0.05) is 53.7 Å². The van der Waals surface area contributed by atoms with Gasteiger partial charge >= 0.3 is 0 Å². The fourth-order valence-corrected chi connectivity index (χ4v) is 4.61. The third kappa shape index (κ3) is 9.03. The van der Waals surface area contributed by atoms with Gasteiger partial charge in [-0.1, -0.05) is 36.4 Å². The number of anilines is 3. The van der Waals surface area contributed by atoms with E-state index in [4.69, 9.17) is 0 Å². The molecule has 11 heteroatoms. The maximum absolute atomic E-state index is 13.4. The van der Waals surface area contributed by atoms with E-state index >= 15 is 0 Å². The highest BCUT2D eigenvalue weighted by Gasteiger charge is 2.16. The first-order chi connectivity index (χ1) is 20.7. The zero-order chi connectivity index (χ0) is 30.8. The molecule has 0 aliphatic rings. The predicted molar refractivity (Wildman–Crippen MR) is 170 cm³/mol. The average molecular weight is 596 g/mol. The Kier molecular flexibility index (Phi) is 10.3. The van der Waals surface area contributed by atoms with Gasteiger partial charge in [0.15, 0.2) is 0 Å². The van der Waals surface area contributed by atoms with Gasteiger partial charge in [0.05, 0.1) is 10.7 Å². The van der Waals surface area contributed by atoms with E-state index in [9.17, 15) is 24.5 Å². The van der Waals surface area contributed by atoms with Crippen molar-refractivity contribution in [2.45, 2.75) is 4.90 Å². The van der Waals surface area contributed by atoms with Gasteiger partial charge in [-0.3, -0.25) is 24.5 Å². The molecule has 0 aliphatic heterocycles. The van der Waals surface area contributed by atoms with Crippen LogP contribution in [0, 0.1) is 10.1 Å². The topological polar surface area (TPSA) is 134 Å². The summed E-state index contributed by atoms with van der Waals surface area (Å²) in [6.45, 7) is 0. The number of benzene rings is 4. The highest BCUT2D eigenvalue weighted by atomic mass is 32.2. The highest BCUT2D eigenvalue weighted by molar-refractivity contribution is 8.00. The summed E-state index contributed by atoms with van der Waals surface area (Å²) in [7, 11) is 3.86. The first-order valence-corrected chi connectivity index (χ1v) is 14.1. The van der Waals surface area contributed by atoms with Gasteiger partial charge in [0.1, 0.15) is 5.70 Å². The lowest BCUT2D eigenvalue weighted by atomic mass is 10.1. The van der Waals surface area contributed by atoms with E-state index in [0.29, 0.717) is 16.9 Å². The van der Waals surface area contributed by atoms with Crippen LogP contribution in [0.3, 0.4) is 0 Å². The van der Waals surface area contributed by atoms with Crippen molar-refractivity contribution >= 4 is 58.3 Å². The van der Waals surface area contributed by atoms with Crippen LogP contribution in [0.4, 0.5) is 22.7 Å². The molecule has 4 rings (SSSR count). The minimum absolute atomic E-state index is 0.0620. The minimum atomic E-state index is -0.515. The highest BCUT2D eigenvalue weighted by Crippen LogP contribution is 2.23. The third-order valence-electron chi connectivity index (χ3n) is 6.07. The lowest BCUT2D eigenvalue weighted by molar-refractivity contribution is -0.384. The van der Waals surface area contributed by atoms with Gasteiger partial charge in [-0.15, -0.1) is 11.8 Å². The summed E-state index contributed by atoms with van der Waals surface area (Å²) >= 11 is 1.26. The molecule has 4 aromatic rings. The first-order valence-electron chi connectivity index (χ1n) is 13.1. The number of carbonyl (C=O) groups is 3. The molecule has 0 unspecified atom stereocenters. The number of hydrogen-bond donors (Lipinski definition) is 3. The third-order valence-corrected chi connectivity index (χ3v) is 7.07. The molecule has 3 amide bonds. The summed E-state index contributed by atoms with van der Waals surface area (Å²) < 4.78 is 0. The van der Waals surface area contributed by atoms with Gasteiger partial charge in [-0.05, 0) is 66.2 Å². The predicted octanol–water partition coefficient (Wildman–Crippen LogP) is 5.80. The molecule has 0 fully saturated rings. The number of thioether (sulfide) groups is 1. The van der Waals surface area contributed by atoms with E-state index in [1.807, 2.05) is 43.3 Å². The van der Waals surface area contributed by atoms with E-state index in [1.165, 1.54) is 36.0 Å². The molecule has 0 saturated heterocycles. The fourth-order valence-electron chi connectivity index (χ4n) is 3.85. The van der Waals surface area contributed by atoms with Crippen molar-refractivity contribution in [2.24, 2.45) is 0 Å². The van der Waals surface area contributed by atoms with Crippen LogP contribution in [0.2, 0.25) is 0 Å². The first kappa shape index (κ1) is 30.5. The lowest BCUT2D eigenvalue weighted by Gasteiger charge is -2.14. The normalized spacial score (nSPS) is 10.9. The summed E-state index contributed by atoms with van der Waals surface area (Å²) in [5.41, 5.74) is 3.06. The molecule has 10 nitrogen and oxygen atoms in total. The number of nitrogens with zero attached hydrogens (tertiary/aromatic N) is 2. The van der Waals surface area contributed by atoms with Crippen LogP contribution in [-0.2, 0) is 9.59 Å². The summed E-state index contributed by atoms with van der Waals surface area (Å²) in [5.74, 6) is -1.15. The van der Waals surface area contributed by atoms with E-state index < -0.39 is 16.7 Å². The molecular formula is C32H29N5O5S. The van der Waals surface area contributed by atoms with Crippen LogP contribution in [-0.4, -0.2) is 42.5 Å². The molecule has 0 spiro atoms. The molecule has 4 aromatic carbocycles. The van der Waals surface area contributed by atoms with Crippen molar-refractivity contribution in [3.8, 4) is 0 Å². The van der Waals surface area contributed by atoms with Crippen molar-refractivity contribution in [1.29, 1.82) is 0 Å². The quantitative estimate of drug-likeness (QED) is 0.0864. The molecule has 0 radical (unpaired) electrons. The van der Waals surface area contributed by atoms with Gasteiger partial charge in [-0.25, -0.2) is 0 Å². The van der Waals surface area contributed by atoms with Crippen molar-refractivity contribution in [2.75, 3.05) is 35.4 Å². The van der Waals surface area contributed by atoms with Crippen molar-refractivity contribution in [3.05, 3.63) is 130 Å². The van der Waals surface area contributed by atoms with Crippen LogP contribution in [0.25, 0.3) is 6.08 Å². The summed E-state index contributed by atoms with van der Waals surface area (Å²) in [6, 6.07) is 28.7. The molecular weight excluding hydrogens is 566 g/mol. The maximum atomic E-state index is 13.4. The standard InChI is InChI=1S/C32H29N5O5S/c1-36(2)26-15-11-22(12-16-26)19-29(35-31(39)23-7-4-3-5-8-23)32(40)34-25-9-6-10-28(20-25)43-21-30(38)33-24-13-17-27(18-14-24)37(41)42/h3-20H,21H2,1-2H3,(H,33,38)(H,34,40)(H,35,39)/b29-19+. The molecule has 218 valence electrons. The largest absolute Gasteiger partial charge is 0.378 e. The van der Waals surface area contributed by atoms with Gasteiger partial charge in [0.2, 0.25) is 5.91 Å². The number of nitro groups is 1. The Bertz CT molecular complexity index is 1640. The van der Waals surface area contributed by atoms with E-state index in [2.05, 4.69) is 16.0 Å². The zero-order valence-corrected chi connectivity index (χ0v) is 24.3. The van der Waals surface area contributed by atoms with Crippen LogP contribution in [0.5, 0.6) is 0 Å². The van der Waals surface area contributed by atoms with Gasteiger partial charge < -0.3 is 20.9 Å². The second-order valence-corrected chi connectivity index (χ2v) is 10.5. The number of amides is 3. The fraction of sp³-hybridized carbons (Fsp3) is 0.0938. The second-order valence-electron chi connectivity index (χ2n) is 9.49. The molecule has 0 aliphatic carbocycles. The molecule has 0 saturated carbocycles. The molecule has 3 N–H and O–H groups in total. The Labute approximate surface area is 253 Å². The second kappa shape index (κ2) is 14.5. The molecule has 43 heavy (non-hydrogen) atoms. The Balaban J connectivity index is 1.44. The van der Waals surface area contributed by atoms with Gasteiger partial charge in [0.25, 0.3) is 17.5 Å². The lowest BCUT2D eigenvalue weighted by Crippen LogP contribution is -2.30. The number of nitro benzene ring substituents is 1. The Morgan fingerprint density at radius 1 is 0.837 bits per heavy atom. The maximum Gasteiger partial charge on any atom is 0.272 e. The number of nitrogens with one attached hydrogen (secondary N) is 3. The number of non-ortho nitro benzene ring substituents is 1. The van der Waals surface area contributed by atoms with E-state index in [1.54, 1.807) is 60.7 Å². The van der Waals surface area contributed by atoms with Crippen molar-refractivity contribution in [1.82, 2.24) is 5.32 Å². The number of rotatable bonds is 11. The summed E-state index contributed by atoms with van der Waals surface area (Å²) in [5, 5.41) is 19.1. The van der Waals surface area contributed by atoms with Crippen LogP contribution in [0.15, 0.2) is 114 Å². The molecule has 0 heterocycles. The Morgan fingerprint density at radius 3 is 2.19 bits per heavy atom. The smallest absolute Gasteiger partial charge is 0.272 e. The van der Waals surface area contributed by atoms with Crippen LogP contribution >= 0.6 is 11.8 Å². The number of carbonyl (C=O) groups excluding carboxylic acids is 3. The van der Waals surface area contributed by atoms with Crippen molar-refractivity contribution in [3.63, 3.8) is 0 Å². The van der Waals surface area contributed by atoms with Crippen molar-refractivity contribution < 1.29 is 19.3 Å². The summed E-state index contributed by atoms with van der Waals surface area (Å²) in [6.07, 6.45) is 1.61. The van der Waals surface area contributed by atoms with Crippen LogP contribution < -0.4 is 20.9 Å². The average Bonchev–Trinajstić information content (AvgIpc) is 3.01. The van der Waals surface area contributed by atoms with Gasteiger partial charge in [-0.2, -0.15) is 0 Å². The minimum Gasteiger partial charge on any atom is -0.378 e. The number of hydrogen-bond acceptors (Lipinski definition) is 7. The van der Waals surface area contributed by atoms with Crippen LogP contribution in [0.1, 0.15) is 15.9 Å². The SMILES string of the molecule is CN(C)c1ccc(/C=C(/NC(=O)c2ccccc2)C(=O)Nc2cccc(SCC(=O)Nc3ccc([N+](=O)[O-])cc3)c2)cc1. The monoisotopic (exact) mass is 595 g/mol. The molecule has 0 aromatic heterocycles. The zero-order valence-electron chi connectivity index (χ0n) is 23.4. The Hall–Kier alpha value is -5.42.